The van der Waals surface area contributed by atoms with Gasteiger partial charge in [0.1, 0.15) is 5.82 Å². The van der Waals surface area contributed by atoms with Crippen molar-refractivity contribution in [2.45, 2.75) is 19.9 Å². The molecule has 0 atom stereocenters. The molecule has 0 amide bonds. The first kappa shape index (κ1) is 9.99. The standard InChI is InChI=1S/C10H17N3/c1-3-4-5-11-6-8-13-9-7-12-10(13)2/h3,7,9,11H,1,4-6,8H2,2H3. The van der Waals surface area contributed by atoms with Gasteiger partial charge in [-0.05, 0) is 19.9 Å². The van der Waals surface area contributed by atoms with Gasteiger partial charge in [0.05, 0.1) is 0 Å². The number of nitrogens with one attached hydrogen (secondary N) is 1. The maximum atomic E-state index is 4.15. The number of nitrogens with zero attached hydrogens (tertiary/aromatic N) is 2. The summed E-state index contributed by atoms with van der Waals surface area (Å²) in [6.07, 6.45) is 6.79. The number of rotatable bonds is 6. The largest absolute Gasteiger partial charge is 0.334 e. The Morgan fingerprint density at radius 3 is 3.08 bits per heavy atom. The minimum absolute atomic E-state index is 0.989. The predicted octanol–water partition coefficient (Wildman–Crippen LogP) is 1.36. The highest BCUT2D eigenvalue weighted by Gasteiger charge is 1.94. The molecule has 0 saturated carbocycles. The fourth-order valence-electron chi connectivity index (χ4n) is 1.17. The van der Waals surface area contributed by atoms with Crippen molar-refractivity contribution in [3.63, 3.8) is 0 Å². The molecule has 0 aliphatic heterocycles. The number of imidazole rings is 1. The molecule has 0 unspecified atom stereocenters. The van der Waals surface area contributed by atoms with Crippen LogP contribution in [0.5, 0.6) is 0 Å². The van der Waals surface area contributed by atoms with Crippen LogP contribution >= 0.6 is 0 Å². The van der Waals surface area contributed by atoms with Gasteiger partial charge in [-0.25, -0.2) is 4.98 Å². The third-order valence-corrected chi connectivity index (χ3v) is 1.98. The van der Waals surface area contributed by atoms with Crippen molar-refractivity contribution in [3.05, 3.63) is 30.9 Å². The first-order valence-corrected chi connectivity index (χ1v) is 4.64. The molecule has 13 heavy (non-hydrogen) atoms. The first-order valence-electron chi connectivity index (χ1n) is 4.64. The van der Waals surface area contributed by atoms with Crippen molar-refractivity contribution in [2.75, 3.05) is 13.1 Å². The molecule has 1 heterocycles. The molecule has 0 aliphatic carbocycles. The Labute approximate surface area is 79.5 Å². The molecule has 1 aromatic heterocycles. The van der Waals surface area contributed by atoms with E-state index in [0.29, 0.717) is 0 Å². The molecule has 0 radical (unpaired) electrons. The minimum Gasteiger partial charge on any atom is -0.334 e. The highest BCUT2D eigenvalue weighted by Crippen LogP contribution is 1.93. The molecule has 3 nitrogen and oxygen atoms in total. The fourth-order valence-corrected chi connectivity index (χ4v) is 1.17. The Kier molecular flexibility index (Phi) is 4.26. The van der Waals surface area contributed by atoms with Gasteiger partial charge in [0.15, 0.2) is 0 Å². The maximum absolute atomic E-state index is 4.15. The summed E-state index contributed by atoms with van der Waals surface area (Å²) < 4.78 is 2.14. The fraction of sp³-hybridized carbons (Fsp3) is 0.500. The van der Waals surface area contributed by atoms with Crippen LogP contribution in [0.1, 0.15) is 12.2 Å². The molecular formula is C10H17N3. The molecule has 72 valence electrons. The third kappa shape index (κ3) is 3.42. The summed E-state index contributed by atoms with van der Waals surface area (Å²) in [4.78, 5) is 4.15. The zero-order valence-corrected chi connectivity index (χ0v) is 8.16. The second kappa shape index (κ2) is 5.54. The normalized spacial score (nSPS) is 10.2. The quantitative estimate of drug-likeness (QED) is 0.528. The number of hydrogen-bond donors (Lipinski definition) is 1. The zero-order chi connectivity index (χ0) is 9.52. The lowest BCUT2D eigenvalue weighted by molar-refractivity contribution is 0.591. The Balaban J connectivity index is 2.13. The van der Waals surface area contributed by atoms with Crippen molar-refractivity contribution in [3.8, 4) is 0 Å². The van der Waals surface area contributed by atoms with E-state index >= 15 is 0 Å². The lowest BCUT2D eigenvalue weighted by Crippen LogP contribution is -2.20. The topological polar surface area (TPSA) is 29.9 Å². The van der Waals surface area contributed by atoms with E-state index in [1.54, 1.807) is 0 Å². The van der Waals surface area contributed by atoms with Crippen molar-refractivity contribution in [2.24, 2.45) is 0 Å². The van der Waals surface area contributed by atoms with E-state index in [9.17, 15) is 0 Å². The summed E-state index contributed by atoms with van der Waals surface area (Å²) in [5, 5.41) is 3.33. The van der Waals surface area contributed by atoms with Crippen LogP contribution in [0.3, 0.4) is 0 Å². The molecule has 0 bridgehead atoms. The zero-order valence-electron chi connectivity index (χ0n) is 8.16. The smallest absolute Gasteiger partial charge is 0.105 e. The monoisotopic (exact) mass is 179 g/mol. The predicted molar refractivity (Wildman–Crippen MR) is 54.6 cm³/mol. The Bertz CT molecular complexity index is 252. The van der Waals surface area contributed by atoms with Crippen molar-refractivity contribution >= 4 is 0 Å². The van der Waals surface area contributed by atoms with Gasteiger partial charge in [-0.3, -0.25) is 0 Å². The Morgan fingerprint density at radius 1 is 1.62 bits per heavy atom. The number of hydrogen-bond acceptors (Lipinski definition) is 2. The van der Waals surface area contributed by atoms with Gasteiger partial charge in [0.2, 0.25) is 0 Å². The van der Waals surface area contributed by atoms with Crippen LogP contribution in [0.4, 0.5) is 0 Å². The van der Waals surface area contributed by atoms with Gasteiger partial charge in [-0.1, -0.05) is 6.08 Å². The van der Waals surface area contributed by atoms with Gasteiger partial charge in [-0.2, -0.15) is 0 Å². The summed E-state index contributed by atoms with van der Waals surface area (Å²) in [5.74, 6) is 1.07. The number of aryl methyl sites for hydroxylation is 1. The lowest BCUT2D eigenvalue weighted by atomic mass is 10.4. The molecule has 0 fully saturated rings. The lowest BCUT2D eigenvalue weighted by Gasteiger charge is -2.05. The highest BCUT2D eigenvalue weighted by atomic mass is 15.1. The van der Waals surface area contributed by atoms with Crippen LogP contribution in [-0.2, 0) is 6.54 Å². The van der Waals surface area contributed by atoms with E-state index in [1.807, 2.05) is 25.4 Å². The van der Waals surface area contributed by atoms with E-state index in [1.165, 1.54) is 0 Å². The minimum atomic E-state index is 0.989. The third-order valence-electron chi connectivity index (χ3n) is 1.98. The van der Waals surface area contributed by atoms with Gasteiger partial charge >= 0.3 is 0 Å². The molecule has 0 aliphatic rings. The van der Waals surface area contributed by atoms with E-state index in [0.717, 1.165) is 31.9 Å². The highest BCUT2D eigenvalue weighted by molar-refractivity contribution is 4.88. The molecule has 0 saturated heterocycles. The SMILES string of the molecule is C=CCCNCCn1ccnc1C. The first-order chi connectivity index (χ1) is 6.34. The van der Waals surface area contributed by atoms with E-state index in [-0.39, 0.29) is 0 Å². The number of aromatic nitrogens is 2. The van der Waals surface area contributed by atoms with Crippen LogP contribution in [-0.4, -0.2) is 22.6 Å². The van der Waals surface area contributed by atoms with Crippen LogP contribution < -0.4 is 5.32 Å². The second-order valence-corrected chi connectivity index (χ2v) is 3.00. The van der Waals surface area contributed by atoms with E-state index in [4.69, 9.17) is 0 Å². The van der Waals surface area contributed by atoms with Gasteiger partial charge in [0.25, 0.3) is 0 Å². The van der Waals surface area contributed by atoms with Crippen LogP contribution in [0.25, 0.3) is 0 Å². The van der Waals surface area contributed by atoms with Crippen LogP contribution in [0.2, 0.25) is 0 Å². The Hall–Kier alpha value is -1.09. The van der Waals surface area contributed by atoms with Crippen molar-refractivity contribution < 1.29 is 0 Å². The van der Waals surface area contributed by atoms with Gasteiger partial charge < -0.3 is 9.88 Å². The van der Waals surface area contributed by atoms with E-state index in [2.05, 4.69) is 21.4 Å². The average molecular weight is 179 g/mol. The maximum Gasteiger partial charge on any atom is 0.105 e. The molecule has 0 spiro atoms. The van der Waals surface area contributed by atoms with E-state index < -0.39 is 0 Å². The van der Waals surface area contributed by atoms with Gasteiger partial charge in [-0.15, -0.1) is 6.58 Å². The second-order valence-electron chi connectivity index (χ2n) is 3.00. The summed E-state index contributed by atoms with van der Waals surface area (Å²) in [6, 6.07) is 0. The molecular weight excluding hydrogens is 162 g/mol. The van der Waals surface area contributed by atoms with Crippen LogP contribution in [0.15, 0.2) is 25.0 Å². The Morgan fingerprint density at radius 2 is 2.46 bits per heavy atom. The van der Waals surface area contributed by atoms with Gasteiger partial charge in [0, 0.05) is 25.5 Å². The molecule has 3 heteroatoms. The van der Waals surface area contributed by atoms with Crippen LogP contribution in [0, 0.1) is 6.92 Å². The molecule has 1 rings (SSSR count). The summed E-state index contributed by atoms with van der Waals surface area (Å²) in [6.45, 7) is 8.68. The van der Waals surface area contributed by atoms with Crippen molar-refractivity contribution in [1.29, 1.82) is 0 Å². The molecule has 0 aromatic carbocycles. The molecule has 1 N–H and O–H groups in total. The average Bonchev–Trinajstić information content (AvgIpc) is 2.52. The van der Waals surface area contributed by atoms with Crippen molar-refractivity contribution in [1.82, 2.24) is 14.9 Å². The summed E-state index contributed by atoms with van der Waals surface area (Å²) >= 11 is 0. The summed E-state index contributed by atoms with van der Waals surface area (Å²) in [7, 11) is 0. The summed E-state index contributed by atoms with van der Waals surface area (Å²) in [5.41, 5.74) is 0. The molecule has 1 aromatic rings.